The summed E-state index contributed by atoms with van der Waals surface area (Å²) in [6.45, 7) is 15.1. The monoisotopic (exact) mass is 535 g/mol. The lowest BCUT2D eigenvalue weighted by atomic mass is 9.76. The first kappa shape index (κ1) is 30.3. The van der Waals surface area contributed by atoms with Crippen molar-refractivity contribution in [3.63, 3.8) is 0 Å². The third kappa shape index (κ3) is 7.24. The van der Waals surface area contributed by atoms with E-state index in [1.54, 1.807) is 19.2 Å². The second kappa shape index (κ2) is 13.2. The Bertz CT molecular complexity index is 1260. The van der Waals surface area contributed by atoms with Crippen LogP contribution in [0.5, 0.6) is 17.2 Å². The number of aromatic hydroxyl groups is 1. The number of phenols is 1. The summed E-state index contributed by atoms with van der Waals surface area (Å²) in [7, 11) is 1.61. The molecule has 39 heavy (non-hydrogen) atoms. The van der Waals surface area contributed by atoms with Gasteiger partial charge in [-0.05, 0) is 47.8 Å². The number of methoxy groups -OCH3 is 1. The summed E-state index contributed by atoms with van der Waals surface area (Å²) in [5.74, 6) is 1.03. The molecule has 212 valence electrons. The molecule has 0 bridgehead atoms. The maximum Gasteiger partial charge on any atom is 0.255 e. The van der Waals surface area contributed by atoms with Crippen LogP contribution in [0.4, 0.5) is 0 Å². The average molecular weight is 536 g/mol. The summed E-state index contributed by atoms with van der Waals surface area (Å²) < 4.78 is 17.2. The molecule has 0 saturated heterocycles. The third-order valence-corrected chi connectivity index (χ3v) is 7.89. The first-order valence-corrected chi connectivity index (χ1v) is 14.0. The number of hydrogen-bond acceptors (Lipinski definition) is 5. The molecule has 0 radical (unpaired) electrons. The van der Waals surface area contributed by atoms with Crippen LogP contribution in [0.1, 0.15) is 82.3 Å². The highest BCUT2D eigenvalue weighted by Crippen LogP contribution is 2.39. The van der Waals surface area contributed by atoms with Crippen LogP contribution in [0.25, 0.3) is 10.8 Å². The molecule has 2 N–H and O–H groups in total. The number of nitrogens with one attached hydrogen (secondary N) is 1. The number of fused-ring (bicyclic) bond motifs is 1. The van der Waals surface area contributed by atoms with Gasteiger partial charge in [0.05, 0.1) is 18.8 Å². The minimum absolute atomic E-state index is 0.0139. The first-order valence-electron chi connectivity index (χ1n) is 14.0. The molecule has 0 atom stereocenters. The van der Waals surface area contributed by atoms with Gasteiger partial charge in [0.15, 0.2) is 0 Å². The van der Waals surface area contributed by atoms with Crippen molar-refractivity contribution in [2.45, 2.75) is 71.6 Å². The van der Waals surface area contributed by atoms with E-state index in [1.807, 2.05) is 18.2 Å². The van der Waals surface area contributed by atoms with E-state index >= 15 is 0 Å². The van der Waals surface area contributed by atoms with Crippen molar-refractivity contribution in [1.29, 1.82) is 0 Å². The van der Waals surface area contributed by atoms with Crippen molar-refractivity contribution in [1.82, 2.24) is 5.32 Å². The van der Waals surface area contributed by atoms with Crippen LogP contribution in [0.3, 0.4) is 0 Å². The van der Waals surface area contributed by atoms with Crippen LogP contribution < -0.4 is 14.8 Å². The van der Waals surface area contributed by atoms with Crippen molar-refractivity contribution in [2.75, 3.05) is 33.5 Å². The Morgan fingerprint density at radius 2 is 1.51 bits per heavy atom. The fourth-order valence-electron chi connectivity index (χ4n) is 4.41. The van der Waals surface area contributed by atoms with Crippen LogP contribution in [0.15, 0.2) is 48.5 Å². The van der Waals surface area contributed by atoms with Crippen molar-refractivity contribution in [3.05, 3.63) is 65.2 Å². The van der Waals surface area contributed by atoms with E-state index in [1.165, 1.54) is 11.1 Å². The van der Waals surface area contributed by atoms with Gasteiger partial charge < -0.3 is 24.6 Å². The minimum atomic E-state index is -0.353. The number of ether oxygens (including phenoxy) is 3. The van der Waals surface area contributed by atoms with Crippen LogP contribution in [-0.2, 0) is 15.6 Å². The normalized spacial score (nSPS) is 12.0. The van der Waals surface area contributed by atoms with Gasteiger partial charge in [0.2, 0.25) is 0 Å². The molecular formula is C33H45NO5. The van der Waals surface area contributed by atoms with E-state index in [-0.39, 0.29) is 28.1 Å². The Kier molecular flexibility index (Phi) is 10.3. The quantitative estimate of drug-likeness (QED) is 0.215. The summed E-state index contributed by atoms with van der Waals surface area (Å²) in [4.78, 5) is 13.0. The SMILES string of the molecule is CCC(C)(C)c1ccc(OCCCNC(=O)c2cc(OCCOC)c3ccccc3c2O)c(C(C)(C)CC)c1. The van der Waals surface area contributed by atoms with Gasteiger partial charge in [0, 0.05) is 30.0 Å². The number of carbonyl (C=O) groups excluding carboxylic acids is 1. The van der Waals surface area contributed by atoms with Gasteiger partial charge in [-0.15, -0.1) is 0 Å². The lowest BCUT2D eigenvalue weighted by Gasteiger charge is -2.30. The summed E-state index contributed by atoms with van der Waals surface area (Å²) in [6.07, 6.45) is 2.69. The second-order valence-corrected chi connectivity index (χ2v) is 11.3. The van der Waals surface area contributed by atoms with Crippen LogP contribution >= 0.6 is 0 Å². The molecule has 1 amide bonds. The molecule has 0 unspecified atom stereocenters. The molecular weight excluding hydrogens is 490 g/mol. The second-order valence-electron chi connectivity index (χ2n) is 11.3. The van der Waals surface area contributed by atoms with E-state index < -0.39 is 0 Å². The number of phenolic OH excluding ortho intramolecular Hbond substituents is 1. The molecule has 6 nitrogen and oxygen atoms in total. The molecule has 0 aromatic heterocycles. The smallest absolute Gasteiger partial charge is 0.255 e. The van der Waals surface area contributed by atoms with Gasteiger partial charge in [-0.1, -0.05) is 77.9 Å². The Balaban J connectivity index is 1.67. The lowest BCUT2D eigenvalue weighted by Crippen LogP contribution is -2.26. The molecule has 3 rings (SSSR count). The van der Waals surface area contributed by atoms with Gasteiger partial charge in [-0.25, -0.2) is 0 Å². The maximum atomic E-state index is 13.0. The highest BCUT2D eigenvalue weighted by Gasteiger charge is 2.26. The first-order chi connectivity index (χ1) is 18.6. The van der Waals surface area contributed by atoms with E-state index in [9.17, 15) is 9.90 Å². The third-order valence-electron chi connectivity index (χ3n) is 7.89. The molecule has 3 aromatic carbocycles. The van der Waals surface area contributed by atoms with Crippen LogP contribution in [0, 0.1) is 0 Å². The number of rotatable bonds is 14. The fraction of sp³-hybridized carbons (Fsp3) is 0.485. The van der Waals surface area contributed by atoms with Crippen molar-refractivity contribution < 1.29 is 24.1 Å². The summed E-state index contributed by atoms with van der Waals surface area (Å²) in [5, 5.41) is 15.1. The van der Waals surface area contributed by atoms with E-state index in [0.717, 1.165) is 24.0 Å². The fourth-order valence-corrected chi connectivity index (χ4v) is 4.41. The molecule has 3 aromatic rings. The standard InChI is InChI=1S/C33H45NO5/c1-8-32(3,4)23-15-16-28(27(21-23)33(5,6)9-2)38-18-12-17-34-31(36)26-22-29(39-20-19-37-7)24-13-10-11-14-25(24)30(26)35/h10-11,13-16,21-22,35H,8-9,12,17-20H2,1-7H3,(H,34,36). The lowest BCUT2D eigenvalue weighted by molar-refractivity contribution is 0.0948. The Labute approximate surface area is 233 Å². The van der Waals surface area contributed by atoms with Gasteiger partial charge in [-0.3, -0.25) is 4.79 Å². The highest BCUT2D eigenvalue weighted by atomic mass is 16.5. The van der Waals surface area contributed by atoms with Gasteiger partial charge in [0.25, 0.3) is 5.91 Å². The average Bonchev–Trinajstić information content (AvgIpc) is 2.94. The molecule has 0 aliphatic carbocycles. The topological polar surface area (TPSA) is 77.0 Å². The number of amides is 1. The Hall–Kier alpha value is -3.25. The summed E-state index contributed by atoms with van der Waals surface area (Å²) in [5.41, 5.74) is 2.81. The summed E-state index contributed by atoms with van der Waals surface area (Å²) >= 11 is 0. The number of hydrogen-bond donors (Lipinski definition) is 2. The largest absolute Gasteiger partial charge is 0.506 e. The summed E-state index contributed by atoms with van der Waals surface area (Å²) in [6, 6.07) is 15.5. The molecule has 0 aliphatic rings. The van der Waals surface area contributed by atoms with E-state index in [2.05, 4.69) is 65.1 Å². The van der Waals surface area contributed by atoms with Gasteiger partial charge >= 0.3 is 0 Å². The van der Waals surface area contributed by atoms with Crippen molar-refractivity contribution >= 4 is 16.7 Å². The van der Waals surface area contributed by atoms with Crippen molar-refractivity contribution in [2.24, 2.45) is 0 Å². The van der Waals surface area contributed by atoms with E-state index in [4.69, 9.17) is 14.2 Å². The van der Waals surface area contributed by atoms with Crippen molar-refractivity contribution in [3.8, 4) is 17.2 Å². The zero-order valence-electron chi connectivity index (χ0n) is 24.6. The Morgan fingerprint density at radius 3 is 2.18 bits per heavy atom. The Morgan fingerprint density at radius 1 is 0.846 bits per heavy atom. The van der Waals surface area contributed by atoms with Crippen LogP contribution in [0.2, 0.25) is 0 Å². The molecule has 0 saturated carbocycles. The predicted molar refractivity (Wildman–Crippen MR) is 159 cm³/mol. The minimum Gasteiger partial charge on any atom is -0.506 e. The molecule has 0 heterocycles. The number of benzene rings is 3. The zero-order chi connectivity index (χ0) is 28.6. The zero-order valence-corrected chi connectivity index (χ0v) is 24.6. The number of carbonyl (C=O) groups is 1. The maximum absolute atomic E-state index is 13.0. The highest BCUT2D eigenvalue weighted by molar-refractivity contribution is 6.05. The predicted octanol–water partition coefficient (Wildman–Crippen LogP) is 7.14. The van der Waals surface area contributed by atoms with E-state index in [0.29, 0.717) is 43.9 Å². The molecule has 0 aliphatic heterocycles. The molecule has 6 heteroatoms. The molecule has 0 spiro atoms. The molecule has 0 fully saturated rings. The van der Waals surface area contributed by atoms with Gasteiger partial charge in [-0.2, -0.15) is 0 Å². The van der Waals surface area contributed by atoms with Gasteiger partial charge in [0.1, 0.15) is 23.9 Å². The van der Waals surface area contributed by atoms with Crippen LogP contribution in [-0.4, -0.2) is 44.5 Å².